The molecule has 0 aromatic heterocycles. The van der Waals surface area contributed by atoms with Crippen molar-refractivity contribution < 1.29 is 14.7 Å². The van der Waals surface area contributed by atoms with Crippen LogP contribution in [0.1, 0.15) is 25.3 Å². The molecule has 1 aromatic carbocycles. The lowest BCUT2D eigenvalue weighted by Crippen LogP contribution is -2.44. The zero-order valence-electron chi connectivity index (χ0n) is 11.7. The minimum atomic E-state index is -1.02. The summed E-state index contributed by atoms with van der Waals surface area (Å²) in [5.74, 6) is -1.48. The number of carboxylic acid groups (broad SMARTS) is 1. The number of amides is 1. The lowest BCUT2D eigenvalue weighted by Gasteiger charge is -2.17. The first-order chi connectivity index (χ1) is 9.54. The number of carboxylic acids is 1. The molecule has 5 heteroatoms. The van der Waals surface area contributed by atoms with Crippen LogP contribution in [0.3, 0.4) is 0 Å². The molecule has 0 bridgehead atoms. The van der Waals surface area contributed by atoms with Crippen molar-refractivity contribution in [3.8, 4) is 0 Å². The summed E-state index contributed by atoms with van der Waals surface area (Å²) >= 11 is 0. The molecule has 1 amide bonds. The third kappa shape index (κ3) is 5.40. The van der Waals surface area contributed by atoms with Crippen molar-refractivity contribution in [1.82, 2.24) is 5.32 Å². The molecule has 0 spiro atoms. The van der Waals surface area contributed by atoms with Gasteiger partial charge in [-0.3, -0.25) is 4.79 Å². The van der Waals surface area contributed by atoms with E-state index < -0.39 is 12.0 Å². The molecule has 4 N–H and O–H groups in total. The zero-order valence-corrected chi connectivity index (χ0v) is 11.7. The number of aliphatic carboxylic acids is 1. The van der Waals surface area contributed by atoms with Gasteiger partial charge in [-0.2, -0.15) is 0 Å². The maximum absolute atomic E-state index is 11.9. The molecular weight excluding hydrogens is 256 g/mol. The van der Waals surface area contributed by atoms with E-state index in [4.69, 9.17) is 5.73 Å². The Kier molecular flexibility index (Phi) is 6.73. The Morgan fingerprint density at radius 3 is 2.50 bits per heavy atom. The molecule has 0 saturated carbocycles. The van der Waals surface area contributed by atoms with Crippen molar-refractivity contribution in [3.63, 3.8) is 0 Å². The summed E-state index contributed by atoms with van der Waals surface area (Å²) in [7, 11) is 0. The number of nitrogens with one attached hydrogen (secondary N) is 1. The number of hydrogen-bond acceptors (Lipinski definition) is 3. The fraction of sp³-hybridized carbons (Fsp3) is 0.467. The van der Waals surface area contributed by atoms with Gasteiger partial charge < -0.3 is 16.2 Å². The average molecular weight is 278 g/mol. The predicted molar refractivity (Wildman–Crippen MR) is 77.2 cm³/mol. The van der Waals surface area contributed by atoms with Crippen molar-refractivity contribution >= 4 is 11.9 Å². The maximum Gasteiger partial charge on any atom is 0.326 e. The van der Waals surface area contributed by atoms with Crippen LogP contribution in [-0.4, -0.2) is 29.6 Å². The Labute approximate surface area is 119 Å². The van der Waals surface area contributed by atoms with Gasteiger partial charge in [-0.15, -0.1) is 0 Å². The molecule has 110 valence electrons. The van der Waals surface area contributed by atoms with E-state index in [0.29, 0.717) is 13.0 Å². The number of carbonyl (C=O) groups excluding carboxylic acids is 1. The Morgan fingerprint density at radius 1 is 1.30 bits per heavy atom. The summed E-state index contributed by atoms with van der Waals surface area (Å²) in [4.78, 5) is 23.2. The topological polar surface area (TPSA) is 92.4 Å². The van der Waals surface area contributed by atoms with E-state index in [2.05, 4.69) is 5.32 Å². The first-order valence-electron chi connectivity index (χ1n) is 6.81. The van der Waals surface area contributed by atoms with Crippen molar-refractivity contribution in [3.05, 3.63) is 35.9 Å². The third-order valence-electron chi connectivity index (χ3n) is 3.19. The lowest BCUT2D eigenvalue weighted by molar-refractivity contribution is -0.142. The van der Waals surface area contributed by atoms with Gasteiger partial charge in [-0.1, -0.05) is 37.3 Å². The SMILES string of the molecule is CC(CCCN)C(=O)N[C@@H](Cc1ccccc1)C(=O)O. The minimum Gasteiger partial charge on any atom is -0.480 e. The van der Waals surface area contributed by atoms with Gasteiger partial charge in [-0.25, -0.2) is 4.79 Å². The largest absolute Gasteiger partial charge is 0.480 e. The van der Waals surface area contributed by atoms with Gasteiger partial charge in [0, 0.05) is 12.3 Å². The fourth-order valence-electron chi connectivity index (χ4n) is 1.92. The minimum absolute atomic E-state index is 0.226. The van der Waals surface area contributed by atoms with Crippen LogP contribution in [0.25, 0.3) is 0 Å². The van der Waals surface area contributed by atoms with Crippen LogP contribution in [0.15, 0.2) is 30.3 Å². The van der Waals surface area contributed by atoms with Gasteiger partial charge in [0.05, 0.1) is 0 Å². The number of carbonyl (C=O) groups is 2. The van der Waals surface area contributed by atoms with Gasteiger partial charge in [0.2, 0.25) is 5.91 Å². The lowest BCUT2D eigenvalue weighted by atomic mass is 10.0. The quantitative estimate of drug-likeness (QED) is 0.665. The molecule has 1 aromatic rings. The molecule has 1 unspecified atom stereocenters. The smallest absolute Gasteiger partial charge is 0.326 e. The number of hydrogen-bond donors (Lipinski definition) is 3. The Hall–Kier alpha value is -1.88. The van der Waals surface area contributed by atoms with Gasteiger partial charge in [0.15, 0.2) is 0 Å². The van der Waals surface area contributed by atoms with Crippen LogP contribution < -0.4 is 11.1 Å². The first-order valence-corrected chi connectivity index (χ1v) is 6.81. The van der Waals surface area contributed by atoms with E-state index in [1.807, 2.05) is 30.3 Å². The highest BCUT2D eigenvalue weighted by Gasteiger charge is 2.22. The van der Waals surface area contributed by atoms with E-state index in [-0.39, 0.29) is 18.2 Å². The van der Waals surface area contributed by atoms with E-state index >= 15 is 0 Å². The van der Waals surface area contributed by atoms with E-state index in [0.717, 1.165) is 12.0 Å². The van der Waals surface area contributed by atoms with Crippen molar-refractivity contribution in [1.29, 1.82) is 0 Å². The average Bonchev–Trinajstić information content (AvgIpc) is 2.44. The van der Waals surface area contributed by atoms with E-state index in [9.17, 15) is 14.7 Å². The maximum atomic E-state index is 11.9. The highest BCUT2D eigenvalue weighted by Crippen LogP contribution is 2.08. The fourth-order valence-corrected chi connectivity index (χ4v) is 1.92. The molecule has 0 radical (unpaired) electrons. The molecule has 0 aliphatic heterocycles. The summed E-state index contributed by atoms with van der Waals surface area (Å²) in [6.07, 6.45) is 1.70. The molecule has 5 nitrogen and oxygen atoms in total. The predicted octanol–water partition coefficient (Wildman–Crippen LogP) is 1.17. The van der Waals surface area contributed by atoms with Crippen LogP contribution in [0.2, 0.25) is 0 Å². The van der Waals surface area contributed by atoms with Gasteiger partial charge in [-0.05, 0) is 24.9 Å². The van der Waals surface area contributed by atoms with Gasteiger partial charge >= 0.3 is 5.97 Å². The number of benzene rings is 1. The molecule has 20 heavy (non-hydrogen) atoms. The van der Waals surface area contributed by atoms with Crippen LogP contribution in [0.4, 0.5) is 0 Å². The standard InChI is InChI=1S/C15H22N2O3/c1-11(6-5-9-16)14(18)17-13(15(19)20)10-12-7-3-2-4-8-12/h2-4,7-8,11,13H,5-6,9-10,16H2,1H3,(H,17,18)(H,19,20)/t11?,13-/m0/s1. The first kappa shape index (κ1) is 16.2. The Bertz CT molecular complexity index is 434. The second kappa shape index (κ2) is 8.32. The monoisotopic (exact) mass is 278 g/mol. The number of rotatable bonds is 8. The van der Waals surface area contributed by atoms with Crippen LogP contribution >= 0.6 is 0 Å². The molecule has 0 heterocycles. The van der Waals surface area contributed by atoms with Crippen molar-refractivity contribution in [2.24, 2.45) is 11.7 Å². The molecule has 0 aliphatic carbocycles. The number of nitrogens with two attached hydrogens (primary N) is 1. The van der Waals surface area contributed by atoms with Gasteiger partial charge in [0.1, 0.15) is 6.04 Å². The highest BCUT2D eigenvalue weighted by atomic mass is 16.4. The summed E-state index contributed by atoms with van der Waals surface area (Å²) in [6, 6.07) is 8.36. The van der Waals surface area contributed by atoms with E-state index in [1.165, 1.54) is 0 Å². The molecule has 2 atom stereocenters. The molecule has 0 saturated heterocycles. The third-order valence-corrected chi connectivity index (χ3v) is 3.19. The highest BCUT2D eigenvalue weighted by molar-refractivity contribution is 5.84. The van der Waals surface area contributed by atoms with Crippen LogP contribution in [0.5, 0.6) is 0 Å². The molecule has 1 rings (SSSR count). The zero-order chi connectivity index (χ0) is 15.0. The normalized spacial score (nSPS) is 13.5. The second-order valence-electron chi connectivity index (χ2n) is 4.92. The molecule has 0 fully saturated rings. The molecular formula is C15H22N2O3. The van der Waals surface area contributed by atoms with Crippen LogP contribution in [-0.2, 0) is 16.0 Å². The van der Waals surface area contributed by atoms with E-state index in [1.54, 1.807) is 6.92 Å². The van der Waals surface area contributed by atoms with Gasteiger partial charge in [0.25, 0.3) is 0 Å². The van der Waals surface area contributed by atoms with Crippen molar-refractivity contribution in [2.75, 3.05) is 6.54 Å². The summed E-state index contributed by atoms with van der Waals surface area (Å²) in [6.45, 7) is 2.32. The van der Waals surface area contributed by atoms with Crippen LogP contribution in [0, 0.1) is 5.92 Å². The summed E-state index contributed by atoms with van der Waals surface area (Å²) in [5.41, 5.74) is 6.29. The van der Waals surface area contributed by atoms with Crippen molar-refractivity contribution in [2.45, 2.75) is 32.2 Å². The second-order valence-corrected chi connectivity index (χ2v) is 4.92. The Morgan fingerprint density at radius 2 is 1.95 bits per heavy atom. The summed E-state index contributed by atoms with van der Waals surface area (Å²) < 4.78 is 0. The summed E-state index contributed by atoms with van der Waals surface area (Å²) in [5, 5.41) is 11.8. The molecule has 0 aliphatic rings. The Balaban J connectivity index is 2.59.